The lowest BCUT2D eigenvalue weighted by molar-refractivity contribution is -0.138. The van der Waals surface area contributed by atoms with E-state index in [4.69, 9.17) is 4.74 Å². The Kier molecular flexibility index (Phi) is 7.63. The Hall–Kier alpha value is -4.68. The number of carbonyl (C=O) groups excluding carboxylic acids is 1. The summed E-state index contributed by atoms with van der Waals surface area (Å²) in [5.41, 5.74) is 1.10. The largest absolute Gasteiger partial charge is 0.496 e. The summed E-state index contributed by atoms with van der Waals surface area (Å²) in [5.74, 6) is 0.389. The molecule has 0 radical (unpaired) electrons. The van der Waals surface area contributed by atoms with Crippen molar-refractivity contribution in [1.82, 2.24) is 24.4 Å². The van der Waals surface area contributed by atoms with Crippen molar-refractivity contribution in [2.24, 2.45) is 0 Å². The van der Waals surface area contributed by atoms with Crippen molar-refractivity contribution in [2.45, 2.75) is 12.7 Å². The highest BCUT2D eigenvalue weighted by Gasteiger charge is 2.34. The molecule has 9 nitrogen and oxygen atoms in total. The van der Waals surface area contributed by atoms with Crippen LogP contribution in [0.2, 0.25) is 0 Å². The molecule has 3 aromatic carbocycles. The first-order valence-corrected chi connectivity index (χ1v) is 13.8. The standard InChI is InChI=1S/C31H30F3N7O2/c1-39-10-12-40(13-11-39)19-21-6-8-24(17-26(21)31(32,33)34)38-30(42)25-15-22-14-23(7-5-20(22)16-27(25)43-2)37-29-18-35-28-4-3-9-36-41(28)29/h3-9,14-18,37H,10-13,19H2,1-2H3,(H,38,42). The first-order chi connectivity index (χ1) is 20.7. The zero-order valence-corrected chi connectivity index (χ0v) is 23.7. The van der Waals surface area contributed by atoms with Crippen molar-refractivity contribution in [3.8, 4) is 5.75 Å². The van der Waals surface area contributed by atoms with E-state index in [1.54, 1.807) is 35.1 Å². The fourth-order valence-electron chi connectivity index (χ4n) is 5.26. The lowest BCUT2D eigenvalue weighted by Crippen LogP contribution is -2.44. The number of rotatable bonds is 7. The van der Waals surface area contributed by atoms with E-state index in [2.05, 4.69) is 25.6 Å². The van der Waals surface area contributed by atoms with Gasteiger partial charge in [0.05, 0.1) is 24.4 Å². The predicted molar refractivity (Wildman–Crippen MR) is 159 cm³/mol. The smallest absolute Gasteiger partial charge is 0.416 e. The number of hydrogen-bond acceptors (Lipinski definition) is 7. The monoisotopic (exact) mass is 589 g/mol. The summed E-state index contributed by atoms with van der Waals surface area (Å²) in [6.07, 6.45) is -1.23. The number of amides is 1. The van der Waals surface area contributed by atoms with Gasteiger partial charge >= 0.3 is 6.18 Å². The van der Waals surface area contributed by atoms with E-state index >= 15 is 0 Å². The average Bonchev–Trinajstić information content (AvgIpc) is 3.40. The summed E-state index contributed by atoms with van der Waals surface area (Å²) in [4.78, 5) is 21.9. The lowest BCUT2D eigenvalue weighted by atomic mass is 10.0. The molecule has 0 bridgehead atoms. The molecular formula is C31H30F3N7O2. The molecule has 12 heteroatoms. The number of benzene rings is 3. The summed E-state index contributed by atoms with van der Waals surface area (Å²) in [6.45, 7) is 3.19. The van der Waals surface area contributed by atoms with Crippen molar-refractivity contribution < 1.29 is 22.7 Å². The Labute approximate surface area is 245 Å². The van der Waals surface area contributed by atoms with Crippen LogP contribution in [0.5, 0.6) is 5.75 Å². The zero-order valence-electron chi connectivity index (χ0n) is 23.7. The summed E-state index contributed by atoms with van der Waals surface area (Å²) < 4.78 is 49.4. The molecule has 43 heavy (non-hydrogen) atoms. The van der Waals surface area contributed by atoms with Crippen molar-refractivity contribution in [2.75, 3.05) is 51.0 Å². The van der Waals surface area contributed by atoms with Crippen LogP contribution in [0.15, 0.2) is 73.1 Å². The molecule has 1 amide bonds. The summed E-state index contributed by atoms with van der Waals surface area (Å²) >= 11 is 0. The third-order valence-electron chi connectivity index (χ3n) is 7.62. The maximum atomic E-state index is 14.1. The molecule has 2 aromatic heterocycles. The van der Waals surface area contributed by atoms with Crippen LogP contribution >= 0.6 is 0 Å². The van der Waals surface area contributed by atoms with Gasteiger partial charge in [0, 0.05) is 50.3 Å². The number of hydrogen-bond donors (Lipinski definition) is 2. The molecule has 0 unspecified atom stereocenters. The van der Waals surface area contributed by atoms with E-state index in [9.17, 15) is 18.0 Å². The SMILES string of the molecule is COc1cc2ccc(Nc3cnc4cccnn34)cc2cc1C(=O)Nc1ccc(CN2CCN(C)CC2)c(C(F)(F)F)c1. The predicted octanol–water partition coefficient (Wildman–Crippen LogP) is 5.65. The molecule has 2 N–H and O–H groups in total. The zero-order chi connectivity index (χ0) is 30.1. The van der Waals surface area contributed by atoms with Crippen molar-refractivity contribution >= 4 is 39.5 Å². The molecule has 0 aliphatic carbocycles. The minimum absolute atomic E-state index is 0.0529. The number of fused-ring (bicyclic) bond motifs is 2. The molecule has 5 aromatic rings. The second-order valence-electron chi connectivity index (χ2n) is 10.6. The van der Waals surface area contributed by atoms with E-state index in [1.165, 1.54) is 19.2 Å². The van der Waals surface area contributed by atoms with E-state index in [0.29, 0.717) is 30.3 Å². The van der Waals surface area contributed by atoms with Crippen LogP contribution in [0.4, 0.5) is 30.4 Å². The number of anilines is 3. The number of ether oxygens (including phenoxy) is 1. The van der Waals surface area contributed by atoms with Gasteiger partial charge in [0.25, 0.3) is 5.91 Å². The van der Waals surface area contributed by atoms with Gasteiger partial charge in [-0.15, -0.1) is 0 Å². The molecule has 3 heterocycles. The molecule has 1 saturated heterocycles. The molecular weight excluding hydrogens is 559 g/mol. The summed E-state index contributed by atoms with van der Waals surface area (Å²) in [5, 5.41) is 11.8. The van der Waals surface area contributed by atoms with E-state index in [-0.39, 0.29) is 23.4 Å². The van der Waals surface area contributed by atoms with Crippen molar-refractivity contribution in [3.05, 3.63) is 89.7 Å². The highest BCUT2D eigenvalue weighted by atomic mass is 19.4. The molecule has 0 atom stereocenters. The van der Waals surface area contributed by atoms with Crippen LogP contribution in [0.1, 0.15) is 21.5 Å². The van der Waals surface area contributed by atoms with Crippen LogP contribution < -0.4 is 15.4 Å². The first-order valence-electron chi connectivity index (χ1n) is 13.8. The quantitative estimate of drug-likeness (QED) is 0.254. The number of likely N-dealkylation sites (N-methyl/N-ethyl adjacent to an activating group) is 1. The second kappa shape index (κ2) is 11.5. The van der Waals surface area contributed by atoms with Gasteiger partial charge < -0.3 is 20.3 Å². The van der Waals surface area contributed by atoms with Gasteiger partial charge in [-0.2, -0.15) is 22.8 Å². The number of alkyl halides is 3. The van der Waals surface area contributed by atoms with Gasteiger partial charge in [0.1, 0.15) is 5.75 Å². The Morgan fingerprint density at radius 3 is 2.53 bits per heavy atom. The first kappa shape index (κ1) is 28.4. The van der Waals surface area contributed by atoms with E-state index in [0.717, 1.165) is 35.6 Å². The van der Waals surface area contributed by atoms with Crippen LogP contribution in [-0.2, 0) is 12.7 Å². The highest BCUT2D eigenvalue weighted by molar-refractivity contribution is 6.09. The maximum Gasteiger partial charge on any atom is 0.416 e. The van der Waals surface area contributed by atoms with Gasteiger partial charge in [-0.3, -0.25) is 9.69 Å². The highest BCUT2D eigenvalue weighted by Crippen LogP contribution is 2.35. The molecule has 1 aliphatic rings. The molecule has 1 fully saturated rings. The van der Waals surface area contributed by atoms with E-state index in [1.807, 2.05) is 36.2 Å². The Balaban J connectivity index is 1.26. The number of imidazole rings is 1. The van der Waals surface area contributed by atoms with Crippen LogP contribution in [0, 0.1) is 0 Å². The minimum Gasteiger partial charge on any atom is -0.496 e. The van der Waals surface area contributed by atoms with Gasteiger partial charge in [-0.05, 0) is 71.9 Å². The fourth-order valence-corrected chi connectivity index (χ4v) is 5.26. The molecule has 0 spiro atoms. The average molecular weight is 590 g/mol. The Morgan fingerprint density at radius 1 is 0.977 bits per heavy atom. The molecule has 1 aliphatic heterocycles. The Morgan fingerprint density at radius 2 is 1.77 bits per heavy atom. The number of nitrogens with one attached hydrogen (secondary N) is 2. The second-order valence-corrected chi connectivity index (χ2v) is 10.6. The van der Waals surface area contributed by atoms with Crippen LogP contribution in [0.25, 0.3) is 16.4 Å². The van der Waals surface area contributed by atoms with Crippen molar-refractivity contribution in [1.29, 1.82) is 0 Å². The summed E-state index contributed by atoms with van der Waals surface area (Å²) in [6, 6.07) is 16.6. The van der Waals surface area contributed by atoms with E-state index < -0.39 is 17.6 Å². The van der Waals surface area contributed by atoms with Crippen LogP contribution in [0.3, 0.4) is 0 Å². The topological polar surface area (TPSA) is 87.0 Å². The number of nitrogens with zero attached hydrogens (tertiary/aromatic N) is 5. The summed E-state index contributed by atoms with van der Waals surface area (Å²) in [7, 11) is 3.44. The number of aromatic nitrogens is 3. The molecule has 222 valence electrons. The third-order valence-corrected chi connectivity index (χ3v) is 7.62. The number of carbonyl (C=O) groups is 1. The maximum absolute atomic E-state index is 14.1. The molecule has 0 saturated carbocycles. The van der Waals surface area contributed by atoms with Gasteiger partial charge in [-0.25, -0.2) is 4.98 Å². The lowest BCUT2D eigenvalue weighted by Gasteiger charge is -2.33. The number of halogens is 3. The fraction of sp³-hybridized carbons (Fsp3) is 0.258. The number of methoxy groups -OCH3 is 1. The third kappa shape index (κ3) is 6.11. The molecule has 6 rings (SSSR count). The normalized spacial score (nSPS) is 14.7. The van der Waals surface area contributed by atoms with Crippen LogP contribution in [-0.4, -0.2) is 70.6 Å². The number of piperazine rings is 1. The van der Waals surface area contributed by atoms with Gasteiger partial charge in [-0.1, -0.05) is 12.1 Å². The van der Waals surface area contributed by atoms with Gasteiger partial charge in [0.2, 0.25) is 0 Å². The minimum atomic E-state index is -4.57. The van der Waals surface area contributed by atoms with Crippen molar-refractivity contribution in [3.63, 3.8) is 0 Å². The Bertz CT molecular complexity index is 1800. The van der Waals surface area contributed by atoms with Gasteiger partial charge in [0.15, 0.2) is 11.5 Å².